The quantitative estimate of drug-likeness (QED) is 0.638. The summed E-state index contributed by atoms with van der Waals surface area (Å²) in [6.07, 6.45) is 1.64. The van der Waals surface area contributed by atoms with Crippen LogP contribution >= 0.6 is 15.9 Å². The molecule has 0 spiro atoms. The van der Waals surface area contributed by atoms with Crippen molar-refractivity contribution in [2.45, 2.75) is 19.4 Å². The lowest BCUT2D eigenvalue weighted by atomic mass is 9.96. The molecule has 3 aromatic rings. The third-order valence-electron chi connectivity index (χ3n) is 4.93. The van der Waals surface area contributed by atoms with Gasteiger partial charge in [0.05, 0.1) is 6.54 Å². The molecule has 0 saturated carbocycles. The summed E-state index contributed by atoms with van der Waals surface area (Å²) < 4.78 is 6.39. The molecule has 0 radical (unpaired) electrons. The fourth-order valence-corrected chi connectivity index (χ4v) is 3.61. The molecule has 1 saturated heterocycles. The molecule has 0 atom stereocenters. The Morgan fingerprint density at radius 2 is 1.82 bits per heavy atom. The fourth-order valence-electron chi connectivity index (χ4n) is 3.35. The Labute approximate surface area is 172 Å². The second-order valence-electron chi connectivity index (χ2n) is 6.92. The van der Waals surface area contributed by atoms with Gasteiger partial charge >= 0.3 is 0 Å². The molecule has 0 unspecified atom stereocenters. The molecule has 6 nitrogen and oxygen atoms in total. The van der Waals surface area contributed by atoms with Crippen molar-refractivity contribution in [2.75, 3.05) is 18.4 Å². The summed E-state index contributed by atoms with van der Waals surface area (Å²) >= 11 is 3.40. The van der Waals surface area contributed by atoms with Gasteiger partial charge in [0.15, 0.2) is 0 Å². The molecule has 7 heteroatoms. The van der Waals surface area contributed by atoms with Crippen molar-refractivity contribution in [1.29, 1.82) is 0 Å². The van der Waals surface area contributed by atoms with E-state index in [1.807, 2.05) is 54.6 Å². The lowest BCUT2D eigenvalue weighted by Crippen LogP contribution is -2.37. The Morgan fingerprint density at radius 1 is 1.11 bits per heavy atom. The lowest BCUT2D eigenvalue weighted by molar-refractivity contribution is -0.121. The number of anilines is 1. The zero-order valence-corrected chi connectivity index (χ0v) is 16.9. The number of nitrogens with one attached hydrogen (secondary N) is 1. The van der Waals surface area contributed by atoms with Crippen LogP contribution in [0.4, 0.5) is 5.69 Å². The van der Waals surface area contributed by atoms with E-state index in [1.165, 1.54) is 0 Å². The van der Waals surface area contributed by atoms with Gasteiger partial charge < -0.3 is 9.84 Å². The van der Waals surface area contributed by atoms with E-state index < -0.39 is 0 Å². The number of aromatic nitrogens is 2. The van der Waals surface area contributed by atoms with Crippen LogP contribution in [0.2, 0.25) is 0 Å². The van der Waals surface area contributed by atoms with E-state index in [2.05, 4.69) is 36.3 Å². The first-order chi connectivity index (χ1) is 13.7. The van der Waals surface area contributed by atoms with E-state index in [9.17, 15) is 4.79 Å². The molecule has 1 aromatic heterocycles. The monoisotopic (exact) mass is 440 g/mol. The maximum atomic E-state index is 12.5. The summed E-state index contributed by atoms with van der Waals surface area (Å²) in [4.78, 5) is 19.2. The van der Waals surface area contributed by atoms with Gasteiger partial charge in [-0.25, -0.2) is 0 Å². The van der Waals surface area contributed by atoms with E-state index in [4.69, 9.17) is 4.52 Å². The van der Waals surface area contributed by atoms with Gasteiger partial charge in [-0.3, -0.25) is 9.69 Å². The van der Waals surface area contributed by atoms with Gasteiger partial charge in [0, 0.05) is 21.6 Å². The molecule has 2 aromatic carbocycles. The Bertz CT molecular complexity index is 919. The molecular formula is C21H21BrN4O2. The zero-order chi connectivity index (χ0) is 19.3. The highest BCUT2D eigenvalue weighted by molar-refractivity contribution is 9.10. The van der Waals surface area contributed by atoms with Gasteiger partial charge in [-0.15, -0.1) is 0 Å². The first-order valence-electron chi connectivity index (χ1n) is 9.34. The third kappa shape index (κ3) is 4.66. The zero-order valence-electron chi connectivity index (χ0n) is 15.3. The van der Waals surface area contributed by atoms with Crippen LogP contribution in [0.1, 0.15) is 18.7 Å². The van der Waals surface area contributed by atoms with E-state index in [0.29, 0.717) is 18.3 Å². The SMILES string of the molecule is O=C(Nc1ccc(Br)cc1)C1CCN(Cc2nc(-c3ccccc3)no2)CC1. The minimum Gasteiger partial charge on any atom is -0.338 e. The van der Waals surface area contributed by atoms with Crippen LogP contribution in [0.15, 0.2) is 63.6 Å². The maximum absolute atomic E-state index is 12.5. The summed E-state index contributed by atoms with van der Waals surface area (Å²) in [5.41, 5.74) is 1.77. The van der Waals surface area contributed by atoms with Gasteiger partial charge in [-0.05, 0) is 50.2 Å². The van der Waals surface area contributed by atoms with Gasteiger partial charge in [0.25, 0.3) is 0 Å². The summed E-state index contributed by atoms with van der Waals surface area (Å²) in [6.45, 7) is 2.28. The number of rotatable bonds is 5. The van der Waals surface area contributed by atoms with Crippen molar-refractivity contribution in [3.05, 3.63) is 65.0 Å². The molecule has 4 rings (SSSR count). The fraction of sp³-hybridized carbons (Fsp3) is 0.286. The van der Waals surface area contributed by atoms with Crippen molar-refractivity contribution < 1.29 is 9.32 Å². The van der Waals surface area contributed by atoms with Crippen molar-refractivity contribution in [3.8, 4) is 11.4 Å². The molecule has 0 aliphatic carbocycles. The smallest absolute Gasteiger partial charge is 0.241 e. The van der Waals surface area contributed by atoms with E-state index in [-0.39, 0.29) is 11.8 Å². The number of carbonyl (C=O) groups is 1. The van der Waals surface area contributed by atoms with Crippen molar-refractivity contribution in [2.24, 2.45) is 5.92 Å². The number of nitrogens with zero attached hydrogens (tertiary/aromatic N) is 3. The molecule has 1 aliphatic rings. The molecule has 1 aliphatic heterocycles. The lowest BCUT2D eigenvalue weighted by Gasteiger charge is -2.30. The van der Waals surface area contributed by atoms with Gasteiger partial charge in [-0.1, -0.05) is 51.4 Å². The molecular weight excluding hydrogens is 420 g/mol. The normalized spacial score (nSPS) is 15.5. The second-order valence-corrected chi connectivity index (χ2v) is 7.84. The second kappa shape index (κ2) is 8.67. The Kier molecular flexibility index (Phi) is 5.83. The summed E-state index contributed by atoms with van der Waals surface area (Å²) in [7, 11) is 0. The van der Waals surface area contributed by atoms with Crippen LogP contribution in [0.25, 0.3) is 11.4 Å². The van der Waals surface area contributed by atoms with E-state index in [1.54, 1.807) is 0 Å². The Morgan fingerprint density at radius 3 is 2.54 bits per heavy atom. The van der Waals surface area contributed by atoms with E-state index in [0.717, 1.165) is 41.7 Å². The predicted octanol–water partition coefficient (Wildman–Crippen LogP) is 4.35. The number of likely N-dealkylation sites (tertiary alicyclic amines) is 1. The highest BCUT2D eigenvalue weighted by Crippen LogP contribution is 2.22. The van der Waals surface area contributed by atoms with Crippen LogP contribution in [-0.4, -0.2) is 34.0 Å². The average Bonchev–Trinajstić information content (AvgIpc) is 3.19. The number of carbonyl (C=O) groups excluding carboxylic acids is 1. The van der Waals surface area contributed by atoms with Crippen molar-refractivity contribution in [1.82, 2.24) is 15.0 Å². The van der Waals surface area contributed by atoms with Crippen LogP contribution < -0.4 is 5.32 Å². The summed E-state index contributed by atoms with van der Waals surface area (Å²) in [6, 6.07) is 17.4. The third-order valence-corrected chi connectivity index (χ3v) is 5.46. The molecule has 28 heavy (non-hydrogen) atoms. The van der Waals surface area contributed by atoms with Gasteiger partial charge in [-0.2, -0.15) is 4.98 Å². The van der Waals surface area contributed by atoms with Gasteiger partial charge in [0.1, 0.15) is 0 Å². The number of amides is 1. The summed E-state index contributed by atoms with van der Waals surface area (Å²) in [5.74, 6) is 1.34. The number of halogens is 1. The molecule has 2 heterocycles. The highest BCUT2D eigenvalue weighted by Gasteiger charge is 2.26. The first kappa shape index (κ1) is 18.8. The molecule has 0 bridgehead atoms. The topological polar surface area (TPSA) is 71.3 Å². The predicted molar refractivity (Wildman–Crippen MR) is 111 cm³/mol. The first-order valence-corrected chi connectivity index (χ1v) is 10.1. The van der Waals surface area contributed by atoms with Crippen LogP contribution in [-0.2, 0) is 11.3 Å². The minimum atomic E-state index is 0.0301. The standard InChI is InChI=1S/C21H21BrN4O2/c22-17-6-8-18(9-7-17)23-21(27)16-10-12-26(13-11-16)14-19-24-20(25-28-19)15-4-2-1-3-5-15/h1-9,16H,10-14H2,(H,23,27). The maximum Gasteiger partial charge on any atom is 0.241 e. The molecule has 144 valence electrons. The van der Waals surface area contributed by atoms with Crippen molar-refractivity contribution >= 4 is 27.5 Å². The van der Waals surface area contributed by atoms with E-state index >= 15 is 0 Å². The van der Waals surface area contributed by atoms with Crippen molar-refractivity contribution in [3.63, 3.8) is 0 Å². The number of hydrogen-bond donors (Lipinski definition) is 1. The Hall–Kier alpha value is -2.51. The highest BCUT2D eigenvalue weighted by atomic mass is 79.9. The molecule has 1 N–H and O–H groups in total. The summed E-state index contributed by atoms with van der Waals surface area (Å²) in [5, 5.41) is 7.07. The number of hydrogen-bond acceptors (Lipinski definition) is 5. The number of benzene rings is 2. The molecule has 1 amide bonds. The van der Waals surface area contributed by atoms with Crippen LogP contribution in [0.3, 0.4) is 0 Å². The van der Waals surface area contributed by atoms with Gasteiger partial charge in [0.2, 0.25) is 17.6 Å². The molecule has 1 fully saturated rings. The largest absolute Gasteiger partial charge is 0.338 e. The average molecular weight is 441 g/mol. The van der Waals surface area contributed by atoms with Crippen LogP contribution in [0.5, 0.6) is 0 Å². The van der Waals surface area contributed by atoms with Crippen LogP contribution in [0, 0.1) is 5.92 Å². The minimum absolute atomic E-state index is 0.0301. The Balaban J connectivity index is 1.28. The number of piperidine rings is 1.